The van der Waals surface area contributed by atoms with Crippen molar-refractivity contribution in [2.24, 2.45) is 0 Å². The number of carbonyl (C=O) groups is 2. The van der Waals surface area contributed by atoms with Crippen molar-refractivity contribution in [3.8, 4) is 5.75 Å². The summed E-state index contributed by atoms with van der Waals surface area (Å²) < 4.78 is 5.76. The first-order valence-corrected chi connectivity index (χ1v) is 11.2. The van der Waals surface area contributed by atoms with E-state index >= 15 is 0 Å². The predicted molar refractivity (Wildman–Crippen MR) is 125 cm³/mol. The lowest BCUT2D eigenvalue weighted by Gasteiger charge is -2.31. The molecule has 2 unspecified atom stereocenters. The molecule has 0 spiro atoms. The zero-order chi connectivity index (χ0) is 22.8. The highest BCUT2D eigenvalue weighted by Gasteiger charge is 2.29. The summed E-state index contributed by atoms with van der Waals surface area (Å²) in [5.41, 5.74) is 3.36. The lowest BCUT2D eigenvalue weighted by Crippen LogP contribution is -2.51. The summed E-state index contributed by atoms with van der Waals surface area (Å²) in [7, 11) is 0. The van der Waals surface area contributed by atoms with Crippen LogP contribution in [-0.4, -0.2) is 35.4 Å². The lowest BCUT2D eigenvalue weighted by molar-refractivity contribution is -0.143. The summed E-state index contributed by atoms with van der Waals surface area (Å²) in [6.45, 7) is 10.3. The van der Waals surface area contributed by atoms with Gasteiger partial charge in [-0.1, -0.05) is 62.7 Å². The predicted octanol–water partition coefficient (Wildman–Crippen LogP) is 4.66. The third-order valence-electron chi connectivity index (χ3n) is 5.55. The number of ether oxygens (including phenoxy) is 1. The van der Waals surface area contributed by atoms with Gasteiger partial charge in [0.05, 0.1) is 0 Å². The molecule has 2 rings (SSSR count). The Hall–Kier alpha value is -2.82. The third kappa shape index (κ3) is 7.42. The minimum Gasteiger partial charge on any atom is -0.484 e. The van der Waals surface area contributed by atoms with Gasteiger partial charge in [0.25, 0.3) is 5.91 Å². The Morgan fingerprint density at radius 3 is 2.10 bits per heavy atom. The molecule has 0 aliphatic heterocycles. The van der Waals surface area contributed by atoms with E-state index in [1.165, 1.54) is 5.56 Å². The summed E-state index contributed by atoms with van der Waals surface area (Å²) in [5.74, 6) is 0.328. The van der Waals surface area contributed by atoms with Crippen LogP contribution in [0.5, 0.6) is 5.75 Å². The van der Waals surface area contributed by atoms with Crippen LogP contribution in [0, 0.1) is 6.92 Å². The monoisotopic (exact) mass is 424 g/mol. The van der Waals surface area contributed by atoms with Gasteiger partial charge in [-0.25, -0.2) is 0 Å². The summed E-state index contributed by atoms with van der Waals surface area (Å²) in [4.78, 5) is 27.8. The van der Waals surface area contributed by atoms with E-state index in [2.05, 4.69) is 12.2 Å². The van der Waals surface area contributed by atoms with Crippen LogP contribution in [0.15, 0.2) is 48.5 Å². The van der Waals surface area contributed by atoms with E-state index in [9.17, 15) is 9.59 Å². The van der Waals surface area contributed by atoms with Gasteiger partial charge in [0.15, 0.2) is 6.61 Å². The molecule has 0 saturated heterocycles. The molecule has 0 aliphatic carbocycles. The molecule has 168 valence electrons. The number of hydrogen-bond donors (Lipinski definition) is 1. The number of aryl methyl sites for hydroxylation is 2. The molecule has 31 heavy (non-hydrogen) atoms. The summed E-state index contributed by atoms with van der Waals surface area (Å²) >= 11 is 0. The molecule has 5 heteroatoms. The lowest BCUT2D eigenvalue weighted by atomic mass is 10.1. The molecule has 0 saturated carbocycles. The first-order chi connectivity index (χ1) is 14.9. The van der Waals surface area contributed by atoms with Gasteiger partial charge in [-0.2, -0.15) is 0 Å². The van der Waals surface area contributed by atoms with Crippen LogP contribution >= 0.6 is 0 Å². The maximum atomic E-state index is 13.2. The summed E-state index contributed by atoms with van der Waals surface area (Å²) in [6.07, 6.45) is 2.32. The quantitative estimate of drug-likeness (QED) is 0.571. The van der Waals surface area contributed by atoms with Crippen LogP contribution in [0.25, 0.3) is 0 Å². The highest BCUT2D eigenvalue weighted by molar-refractivity contribution is 5.88. The van der Waals surface area contributed by atoms with Crippen molar-refractivity contribution in [1.82, 2.24) is 10.2 Å². The Morgan fingerprint density at radius 1 is 0.935 bits per heavy atom. The molecular formula is C26H36N2O3. The van der Waals surface area contributed by atoms with Crippen LogP contribution in [0.2, 0.25) is 0 Å². The molecule has 0 aromatic heterocycles. The molecule has 0 radical (unpaired) electrons. The number of nitrogens with one attached hydrogen (secondary N) is 1. The van der Waals surface area contributed by atoms with Crippen molar-refractivity contribution < 1.29 is 14.3 Å². The third-order valence-corrected chi connectivity index (χ3v) is 5.55. The highest BCUT2D eigenvalue weighted by Crippen LogP contribution is 2.16. The minimum absolute atomic E-state index is 0.0613. The first-order valence-electron chi connectivity index (χ1n) is 11.2. The smallest absolute Gasteiger partial charge is 0.261 e. The van der Waals surface area contributed by atoms with Gasteiger partial charge in [-0.05, 0) is 56.4 Å². The van der Waals surface area contributed by atoms with Crippen LogP contribution in [-0.2, 0) is 22.6 Å². The number of nitrogens with zero attached hydrogens (tertiary/aromatic N) is 1. The van der Waals surface area contributed by atoms with Gasteiger partial charge in [0, 0.05) is 12.6 Å². The Balaban J connectivity index is 2.18. The van der Waals surface area contributed by atoms with Crippen molar-refractivity contribution in [3.63, 3.8) is 0 Å². The average Bonchev–Trinajstić information content (AvgIpc) is 2.78. The topological polar surface area (TPSA) is 58.6 Å². The van der Waals surface area contributed by atoms with E-state index in [0.717, 1.165) is 24.0 Å². The van der Waals surface area contributed by atoms with E-state index in [-0.39, 0.29) is 24.5 Å². The van der Waals surface area contributed by atoms with Gasteiger partial charge in [0.2, 0.25) is 5.91 Å². The van der Waals surface area contributed by atoms with Crippen LogP contribution in [0.4, 0.5) is 0 Å². The molecule has 5 nitrogen and oxygen atoms in total. The van der Waals surface area contributed by atoms with Gasteiger partial charge >= 0.3 is 0 Å². The summed E-state index contributed by atoms with van der Waals surface area (Å²) in [5, 5.41) is 3.02. The van der Waals surface area contributed by atoms with Gasteiger partial charge < -0.3 is 15.0 Å². The molecule has 0 aliphatic rings. The van der Waals surface area contributed by atoms with E-state index in [4.69, 9.17) is 4.74 Å². The van der Waals surface area contributed by atoms with E-state index < -0.39 is 6.04 Å². The first kappa shape index (κ1) is 24.4. The van der Waals surface area contributed by atoms with Crippen LogP contribution in [0.3, 0.4) is 0 Å². The number of benzene rings is 2. The molecular weight excluding hydrogens is 388 g/mol. The Labute approximate surface area is 186 Å². The van der Waals surface area contributed by atoms with Crippen molar-refractivity contribution >= 4 is 11.8 Å². The molecule has 2 aromatic carbocycles. The number of amides is 2. The number of rotatable bonds is 11. The van der Waals surface area contributed by atoms with Crippen molar-refractivity contribution in [1.29, 1.82) is 0 Å². The molecule has 2 aromatic rings. The van der Waals surface area contributed by atoms with Crippen LogP contribution < -0.4 is 10.1 Å². The molecule has 2 atom stereocenters. The fourth-order valence-electron chi connectivity index (χ4n) is 3.30. The minimum atomic E-state index is -0.547. The fourth-order valence-corrected chi connectivity index (χ4v) is 3.30. The van der Waals surface area contributed by atoms with Gasteiger partial charge in [0.1, 0.15) is 11.8 Å². The van der Waals surface area contributed by atoms with Gasteiger partial charge in [-0.3, -0.25) is 9.59 Å². The average molecular weight is 425 g/mol. The maximum absolute atomic E-state index is 13.2. The van der Waals surface area contributed by atoms with E-state index in [0.29, 0.717) is 18.7 Å². The largest absolute Gasteiger partial charge is 0.484 e. The Bertz CT molecular complexity index is 831. The van der Waals surface area contributed by atoms with Crippen LogP contribution in [0.1, 0.15) is 57.2 Å². The summed E-state index contributed by atoms with van der Waals surface area (Å²) in [6, 6.07) is 15.3. The second-order valence-electron chi connectivity index (χ2n) is 8.04. The molecule has 2 amide bonds. The van der Waals surface area contributed by atoms with Crippen molar-refractivity contribution in [2.45, 2.75) is 72.5 Å². The second-order valence-corrected chi connectivity index (χ2v) is 8.04. The van der Waals surface area contributed by atoms with Crippen molar-refractivity contribution in [3.05, 3.63) is 65.2 Å². The number of hydrogen-bond acceptors (Lipinski definition) is 3. The zero-order valence-corrected chi connectivity index (χ0v) is 19.5. The van der Waals surface area contributed by atoms with Gasteiger partial charge in [-0.15, -0.1) is 0 Å². The second kappa shape index (κ2) is 12.1. The van der Waals surface area contributed by atoms with E-state index in [1.54, 1.807) is 4.90 Å². The molecule has 1 N–H and O–H groups in total. The normalized spacial score (nSPS) is 12.7. The SMILES string of the molecule is CCc1ccc(OCC(=O)N(Cc2ccc(C)cc2)C(CC)C(=O)NC(C)CC)cc1. The van der Waals surface area contributed by atoms with Crippen molar-refractivity contribution in [2.75, 3.05) is 6.61 Å². The zero-order valence-electron chi connectivity index (χ0n) is 19.5. The Kier molecular flexibility index (Phi) is 9.57. The van der Waals surface area contributed by atoms with E-state index in [1.807, 2.05) is 76.2 Å². The fraction of sp³-hybridized carbons (Fsp3) is 0.462. The molecule has 0 heterocycles. The Morgan fingerprint density at radius 2 is 1.55 bits per heavy atom. The number of carbonyl (C=O) groups excluding carboxylic acids is 2. The molecule has 0 bridgehead atoms. The standard InChI is InChI=1S/C26H36N2O3/c1-6-20(5)27-26(30)24(8-3)28(17-22-11-9-19(4)10-12-22)25(29)18-31-23-15-13-21(7-2)14-16-23/h9-16,20,24H,6-8,17-18H2,1-5H3,(H,27,30). The highest BCUT2D eigenvalue weighted by atomic mass is 16.5. The maximum Gasteiger partial charge on any atom is 0.261 e. The molecule has 0 fully saturated rings.